The lowest BCUT2D eigenvalue weighted by atomic mass is 9.99. The third-order valence-corrected chi connectivity index (χ3v) is 2.98. The quantitative estimate of drug-likeness (QED) is 0.770. The highest BCUT2D eigenvalue weighted by Crippen LogP contribution is 2.20. The van der Waals surface area contributed by atoms with E-state index in [9.17, 15) is 4.79 Å². The first-order valence-electron chi connectivity index (χ1n) is 6.08. The van der Waals surface area contributed by atoms with E-state index in [2.05, 4.69) is 48.2 Å². The predicted molar refractivity (Wildman–Crippen MR) is 70.3 cm³/mol. The van der Waals surface area contributed by atoms with Crippen molar-refractivity contribution in [3.8, 4) is 0 Å². The van der Waals surface area contributed by atoms with Gasteiger partial charge in [-0.2, -0.15) is 0 Å². The molecule has 0 bridgehead atoms. The van der Waals surface area contributed by atoms with Crippen molar-refractivity contribution in [2.24, 2.45) is 0 Å². The Kier molecular flexibility index (Phi) is 5.53. The highest BCUT2D eigenvalue weighted by molar-refractivity contribution is 5.69. The van der Waals surface area contributed by atoms with Crippen LogP contribution in [-0.4, -0.2) is 19.6 Å². The van der Waals surface area contributed by atoms with Crippen LogP contribution in [0.2, 0.25) is 0 Å². The second kappa shape index (κ2) is 6.94. The number of anilines is 1. The van der Waals surface area contributed by atoms with Crippen molar-refractivity contribution in [2.75, 3.05) is 19.0 Å². The van der Waals surface area contributed by atoms with Gasteiger partial charge in [-0.25, -0.2) is 0 Å². The summed E-state index contributed by atoms with van der Waals surface area (Å²) in [5, 5.41) is 3.19. The Morgan fingerprint density at radius 1 is 1.35 bits per heavy atom. The standard InChI is InChI=1S/C14H21NO2/c1-4-11(2)12-5-7-13(8-6-12)15-10-9-14(16)17-3/h5-8,11,15H,4,9-10H2,1-3H3. The average Bonchev–Trinajstić information content (AvgIpc) is 2.38. The van der Waals surface area contributed by atoms with Crippen LogP contribution in [0.1, 0.15) is 38.2 Å². The second-order valence-electron chi connectivity index (χ2n) is 4.18. The molecule has 1 N–H and O–H groups in total. The Balaban J connectivity index is 2.43. The summed E-state index contributed by atoms with van der Waals surface area (Å²) in [5.74, 6) is 0.410. The van der Waals surface area contributed by atoms with Gasteiger partial charge in [-0.3, -0.25) is 4.79 Å². The Labute approximate surface area is 103 Å². The van der Waals surface area contributed by atoms with Crippen LogP contribution < -0.4 is 5.32 Å². The number of ether oxygens (including phenoxy) is 1. The zero-order chi connectivity index (χ0) is 12.7. The van der Waals surface area contributed by atoms with Gasteiger partial charge in [0.05, 0.1) is 13.5 Å². The van der Waals surface area contributed by atoms with E-state index < -0.39 is 0 Å². The molecular weight excluding hydrogens is 214 g/mol. The number of hydrogen-bond donors (Lipinski definition) is 1. The van der Waals surface area contributed by atoms with Crippen LogP contribution in [0.4, 0.5) is 5.69 Å². The van der Waals surface area contributed by atoms with Crippen molar-refractivity contribution in [3.05, 3.63) is 29.8 Å². The molecule has 0 saturated carbocycles. The first-order chi connectivity index (χ1) is 8.17. The van der Waals surface area contributed by atoms with E-state index in [4.69, 9.17) is 0 Å². The Morgan fingerprint density at radius 3 is 2.53 bits per heavy atom. The summed E-state index contributed by atoms with van der Waals surface area (Å²) in [7, 11) is 1.41. The lowest BCUT2D eigenvalue weighted by Crippen LogP contribution is -2.09. The largest absolute Gasteiger partial charge is 0.469 e. The van der Waals surface area contributed by atoms with Crippen LogP contribution >= 0.6 is 0 Å². The summed E-state index contributed by atoms with van der Waals surface area (Å²) >= 11 is 0. The van der Waals surface area contributed by atoms with E-state index in [-0.39, 0.29) is 5.97 Å². The maximum absolute atomic E-state index is 10.9. The average molecular weight is 235 g/mol. The third-order valence-electron chi connectivity index (χ3n) is 2.98. The van der Waals surface area contributed by atoms with Gasteiger partial charge in [0, 0.05) is 12.2 Å². The fraction of sp³-hybridized carbons (Fsp3) is 0.500. The topological polar surface area (TPSA) is 38.3 Å². The molecule has 1 aromatic carbocycles. The third kappa shape index (κ3) is 4.47. The molecule has 0 aliphatic heterocycles. The molecule has 0 fully saturated rings. The molecule has 0 radical (unpaired) electrons. The van der Waals surface area contributed by atoms with Gasteiger partial charge in [-0.15, -0.1) is 0 Å². The Morgan fingerprint density at radius 2 is 2.00 bits per heavy atom. The number of hydrogen-bond acceptors (Lipinski definition) is 3. The highest BCUT2D eigenvalue weighted by Gasteiger charge is 2.03. The molecule has 0 spiro atoms. The van der Waals surface area contributed by atoms with Crippen molar-refractivity contribution in [1.82, 2.24) is 0 Å². The summed E-state index contributed by atoms with van der Waals surface area (Å²) in [4.78, 5) is 10.9. The molecule has 94 valence electrons. The Hall–Kier alpha value is -1.51. The van der Waals surface area contributed by atoms with Crippen molar-refractivity contribution in [3.63, 3.8) is 0 Å². The number of carbonyl (C=O) groups excluding carboxylic acids is 1. The van der Waals surface area contributed by atoms with E-state index in [0.29, 0.717) is 18.9 Å². The molecule has 0 aliphatic rings. The first kappa shape index (κ1) is 13.6. The van der Waals surface area contributed by atoms with Crippen LogP contribution in [0.3, 0.4) is 0 Å². The van der Waals surface area contributed by atoms with Gasteiger partial charge in [-0.05, 0) is 30.0 Å². The lowest BCUT2D eigenvalue weighted by Gasteiger charge is -2.10. The molecule has 0 amide bonds. The molecule has 0 saturated heterocycles. The highest BCUT2D eigenvalue weighted by atomic mass is 16.5. The minimum Gasteiger partial charge on any atom is -0.469 e. The van der Waals surface area contributed by atoms with Crippen LogP contribution in [-0.2, 0) is 9.53 Å². The van der Waals surface area contributed by atoms with Gasteiger partial charge in [0.1, 0.15) is 0 Å². The molecule has 1 rings (SSSR count). The number of methoxy groups -OCH3 is 1. The minimum atomic E-state index is -0.186. The van der Waals surface area contributed by atoms with Gasteiger partial charge < -0.3 is 10.1 Å². The van der Waals surface area contributed by atoms with Gasteiger partial charge in [0.15, 0.2) is 0 Å². The molecule has 0 aliphatic carbocycles. The number of benzene rings is 1. The van der Waals surface area contributed by atoms with Crippen LogP contribution in [0, 0.1) is 0 Å². The summed E-state index contributed by atoms with van der Waals surface area (Å²) < 4.78 is 4.57. The Bertz CT molecular complexity index is 346. The molecule has 0 heterocycles. The molecule has 0 aromatic heterocycles. The molecular formula is C14H21NO2. The van der Waals surface area contributed by atoms with Crippen molar-refractivity contribution < 1.29 is 9.53 Å². The fourth-order valence-electron chi connectivity index (χ4n) is 1.58. The van der Waals surface area contributed by atoms with Crippen LogP contribution in [0.15, 0.2) is 24.3 Å². The first-order valence-corrected chi connectivity index (χ1v) is 6.08. The second-order valence-corrected chi connectivity index (χ2v) is 4.18. The van der Waals surface area contributed by atoms with Crippen molar-refractivity contribution in [2.45, 2.75) is 32.6 Å². The van der Waals surface area contributed by atoms with E-state index in [1.54, 1.807) is 0 Å². The van der Waals surface area contributed by atoms with Gasteiger partial charge >= 0.3 is 5.97 Å². The maximum atomic E-state index is 10.9. The normalized spacial score (nSPS) is 11.9. The summed E-state index contributed by atoms with van der Waals surface area (Å²) in [5.41, 5.74) is 2.40. The summed E-state index contributed by atoms with van der Waals surface area (Å²) in [6, 6.07) is 8.38. The minimum absolute atomic E-state index is 0.186. The lowest BCUT2D eigenvalue weighted by molar-refractivity contribution is -0.140. The smallest absolute Gasteiger partial charge is 0.307 e. The molecule has 17 heavy (non-hydrogen) atoms. The summed E-state index contributed by atoms with van der Waals surface area (Å²) in [6.45, 7) is 5.02. The molecule has 3 nitrogen and oxygen atoms in total. The van der Waals surface area contributed by atoms with Crippen molar-refractivity contribution >= 4 is 11.7 Å². The van der Waals surface area contributed by atoms with Crippen LogP contribution in [0.5, 0.6) is 0 Å². The predicted octanol–water partition coefficient (Wildman–Crippen LogP) is 3.18. The van der Waals surface area contributed by atoms with Gasteiger partial charge in [0.2, 0.25) is 0 Å². The maximum Gasteiger partial charge on any atom is 0.307 e. The summed E-state index contributed by atoms with van der Waals surface area (Å²) in [6.07, 6.45) is 1.54. The van der Waals surface area contributed by atoms with Gasteiger partial charge in [-0.1, -0.05) is 26.0 Å². The number of rotatable bonds is 6. The molecule has 1 unspecified atom stereocenters. The number of carbonyl (C=O) groups is 1. The van der Waals surface area contributed by atoms with Crippen LogP contribution in [0.25, 0.3) is 0 Å². The van der Waals surface area contributed by atoms with Gasteiger partial charge in [0.25, 0.3) is 0 Å². The zero-order valence-corrected chi connectivity index (χ0v) is 10.8. The molecule has 3 heteroatoms. The zero-order valence-electron chi connectivity index (χ0n) is 10.8. The number of nitrogens with one attached hydrogen (secondary N) is 1. The van der Waals surface area contributed by atoms with E-state index in [1.165, 1.54) is 12.7 Å². The number of esters is 1. The molecule has 1 atom stereocenters. The van der Waals surface area contributed by atoms with E-state index >= 15 is 0 Å². The van der Waals surface area contributed by atoms with E-state index in [1.807, 2.05) is 0 Å². The molecule has 1 aromatic rings. The van der Waals surface area contributed by atoms with Crippen molar-refractivity contribution in [1.29, 1.82) is 0 Å². The van der Waals surface area contributed by atoms with E-state index in [0.717, 1.165) is 12.1 Å². The SMILES string of the molecule is CCC(C)c1ccc(NCCC(=O)OC)cc1. The fourth-order valence-corrected chi connectivity index (χ4v) is 1.58. The monoisotopic (exact) mass is 235 g/mol.